The van der Waals surface area contributed by atoms with Crippen molar-refractivity contribution in [2.45, 2.75) is 20.8 Å². The van der Waals surface area contributed by atoms with Gasteiger partial charge in [0.2, 0.25) is 0 Å². The number of nitrogens with zero attached hydrogens (tertiary/aromatic N) is 5. The van der Waals surface area contributed by atoms with Crippen LogP contribution in [0.25, 0.3) is 0 Å². The largest absolute Gasteiger partial charge is 0.340 e. The van der Waals surface area contributed by atoms with E-state index in [4.69, 9.17) is 0 Å². The zero-order valence-electron chi connectivity index (χ0n) is 17.9. The van der Waals surface area contributed by atoms with Gasteiger partial charge >= 0.3 is 0 Å². The molecule has 0 radical (unpaired) electrons. The molecule has 1 amide bonds. The molecule has 4 aromatic rings. The lowest BCUT2D eigenvalue weighted by molar-refractivity contribution is 0.102. The van der Waals surface area contributed by atoms with E-state index in [-0.39, 0.29) is 11.6 Å². The summed E-state index contributed by atoms with van der Waals surface area (Å²) in [7, 11) is 0. The van der Waals surface area contributed by atoms with Gasteiger partial charge in [-0.15, -0.1) is 0 Å². The Kier molecular flexibility index (Phi) is 5.98. The Bertz CT molecular complexity index is 1240. The Balaban J connectivity index is 1.43. The van der Waals surface area contributed by atoms with Crippen LogP contribution in [0.5, 0.6) is 0 Å². The number of amides is 1. The van der Waals surface area contributed by atoms with E-state index in [0.29, 0.717) is 29.0 Å². The van der Waals surface area contributed by atoms with Crippen molar-refractivity contribution >= 4 is 34.7 Å². The van der Waals surface area contributed by atoms with Crippen LogP contribution >= 0.6 is 0 Å². The van der Waals surface area contributed by atoms with E-state index in [0.717, 1.165) is 16.9 Å². The first kappa shape index (κ1) is 20.9. The van der Waals surface area contributed by atoms with Crippen molar-refractivity contribution < 1.29 is 4.79 Å². The molecule has 9 nitrogen and oxygen atoms in total. The molecule has 3 aromatic heterocycles. The third-order valence-electron chi connectivity index (χ3n) is 4.44. The number of carbonyl (C=O) groups is 1. The zero-order valence-corrected chi connectivity index (χ0v) is 17.9. The smallest absolute Gasteiger partial charge is 0.275 e. The summed E-state index contributed by atoms with van der Waals surface area (Å²) in [4.78, 5) is 33.6. The van der Waals surface area contributed by atoms with Gasteiger partial charge in [-0.3, -0.25) is 9.78 Å². The fraction of sp³-hybridized carbons (Fsp3) is 0.130. The average Bonchev–Trinajstić information content (AvgIpc) is 2.75. The van der Waals surface area contributed by atoms with Crippen molar-refractivity contribution in [2.24, 2.45) is 0 Å². The van der Waals surface area contributed by atoms with Crippen molar-refractivity contribution in [3.63, 3.8) is 0 Å². The molecule has 0 aliphatic carbocycles. The van der Waals surface area contributed by atoms with Gasteiger partial charge in [-0.2, -0.15) is 0 Å². The molecule has 32 heavy (non-hydrogen) atoms. The average molecular weight is 426 g/mol. The maximum absolute atomic E-state index is 12.3. The summed E-state index contributed by atoms with van der Waals surface area (Å²) in [6.45, 7) is 5.65. The first-order valence-corrected chi connectivity index (χ1v) is 9.97. The normalized spacial score (nSPS) is 10.5. The molecular formula is C23H22N8O. The summed E-state index contributed by atoms with van der Waals surface area (Å²) in [5.41, 5.74) is 3.58. The second-order valence-electron chi connectivity index (χ2n) is 7.23. The van der Waals surface area contributed by atoms with E-state index in [1.807, 2.05) is 51.1 Å². The molecule has 160 valence electrons. The van der Waals surface area contributed by atoms with Gasteiger partial charge in [0.15, 0.2) is 0 Å². The Hall–Kier alpha value is -4.40. The number of hydrogen-bond donors (Lipinski definition) is 3. The molecule has 9 heteroatoms. The number of anilines is 5. The van der Waals surface area contributed by atoms with Gasteiger partial charge in [-0.25, -0.2) is 19.9 Å². The highest BCUT2D eigenvalue weighted by Crippen LogP contribution is 2.21. The van der Waals surface area contributed by atoms with Crippen molar-refractivity contribution in [1.82, 2.24) is 24.9 Å². The molecule has 0 atom stereocenters. The lowest BCUT2D eigenvalue weighted by Gasteiger charge is -2.11. The molecule has 0 saturated heterocycles. The first-order chi connectivity index (χ1) is 15.4. The van der Waals surface area contributed by atoms with Crippen LogP contribution in [0.2, 0.25) is 0 Å². The highest BCUT2D eigenvalue weighted by molar-refractivity contribution is 6.02. The number of carbonyl (C=O) groups excluding carboxylic acids is 1. The summed E-state index contributed by atoms with van der Waals surface area (Å²) < 4.78 is 0. The summed E-state index contributed by atoms with van der Waals surface area (Å²) >= 11 is 0. The SMILES string of the molecule is Cc1ccnc(Nc2cc(Nc3ccc(NC(=O)c4cnc(C)cn4)cc3)nc(C)n2)c1. The topological polar surface area (TPSA) is 118 Å². The van der Waals surface area contributed by atoms with Gasteiger partial charge in [0.05, 0.1) is 11.9 Å². The standard InChI is InChI=1S/C23H22N8O/c1-14-8-9-24-20(10-14)31-22-11-21(27-16(3)28-22)29-17-4-6-18(7-5-17)30-23(32)19-13-25-15(2)12-26-19/h4-13H,1-3H3,(H,30,32)(H2,24,27,28,29,31). The van der Waals surface area contributed by atoms with Crippen LogP contribution < -0.4 is 16.0 Å². The Morgan fingerprint density at radius 3 is 2.16 bits per heavy atom. The van der Waals surface area contributed by atoms with Gasteiger partial charge in [0.1, 0.15) is 29.0 Å². The van der Waals surface area contributed by atoms with Crippen LogP contribution in [0, 0.1) is 20.8 Å². The molecule has 0 bridgehead atoms. The number of nitrogens with one attached hydrogen (secondary N) is 3. The number of aryl methyl sites for hydroxylation is 3. The molecule has 0 aliphatic heterocycles. The number of rotatable bonds is 6. The van der Waals surface area contributed by atoms with E-state index >= 15 is 0 Å². The van der Waals surface area contributed by atoms with E-state index in [9.17, 15) is 4.79 Å². The fourth-order valence-electron chi connectivity index (χ4n) is 2.92. The number of hydrogen-bond acceptors (Lipinski definition) is 8. The third kappa shape index (κ3) is 5.39. The van der Waals surface area contributed by atoms with Crippen LogP contribution in [0.4, 0.5) is 28.8 Å². The maximum Gasteiger partial charge on any atom is 0.275 e. The van der Waals surface area contributed by atoms with Gasteiger partial charge in [-0.05, 0) is 62.7 Å². The molecular weight excluding hydrogens is 404 g/mol. The van der Waals surface area contributed by atoms with Crippen molar-refractivity contribution in [3.05, 3.63) is 83.8 Å². The van der Waals surface area contributed by atoms with Gasteiger partial charge in [0, 0.05) is 29.8 Å². The Morgan fingerprint density at radius 1 is 0.750 bits per heavy atom. The summed E-state index contributed by atoms with van der Waals surface area (Å²) in [6.07, 6.45) is 4.76. The molecule has 3 N–H and O–H groups in total. The molecule has 3 heterocycles. The summed E-state index contributed by atoms with van der Waals surface area (Å²) in [5.74, 6) is 2.30. The summed E-state index contributed by atoms with van der Waals surface area (Å²) in [6, 6.07) is 13.0. The van der Waals surface area contributed by atoms with Crippen LogP contribution in [0.1, 0.15) is 27.6 Å². The fourth-order valence-corrected chi connectivity index (χ4v) is 2.92. The van der Waals surface area contributed by atoms with Crippen molar-refractivity contribution in [3.8, 4) is 0 Å². The van der Waals surface area contributed by atoms with Crippen LogP contribution in [0.15, 0.2) is 61.1 Å². The molecule has 0 spiro atoms. The highest BCUT2D eigenvalue weighted by atomic mass is 16.1. The molecule has 1 aromatic carbocycles. The minimum Gasteiger partial charge on any atom is -0.340 e. The van der Waals surface area contributed by atoms with E-state index < -0.39 is 0 Å². The number of benzene rings is 1. The minimum absolute atomic E-state index is 0.261. The van der Waals surface area contributed by atoms with E-state index in [1.54, 1.807) is 24.5 Å². The first-order valence-electron chi connectivity index (χ1n) is 9.97. The van der Waals surface area contributed by atoms with Crippen LogP contribution in [-0.2, 0) is 0 Å². The predicted octanol–water partition coefficient (Wildman–Crippen LogP) is 4.33. The maximum atomic E-state index is 12.3. The van der Waals surface area contributed by atoms with Gasteiger partial charge < -0.3 is 16.0 Å². The lowest BCUT2D eigenvalue weighted by atomic mass is 10.2. The zero-order chi connectivity index (χ0) is 22.5. The van der Waals surface area contributed by atoms with E-state index in [1.165, 1.54) is 6.20 Å². The Morgan fingerprint density at radius 2 is 1.47 bits per heavy atom. The van der Waals surface area contributed by atoms with E-state index in [2.05, 4.69) is 40.9 Å². The second kappa shape index (κ2) is 9.17. The predicted molar refractivity (Wildman–Crippen MR) is 123 cm³/mol. The molecule has 0 saturated carbocycles. The van der Waals surface area contributed by atoms with Crippen LogP contribution in [0.3, 0.4) is 0 Å². The van der Waals surface area contributed by atoms with Gasteiger partial charge in [0.25, 0.3) is 5.91 Å². The van der Waals surface area contributed by atoms with Crippen LogP contribution in [-0.4, -0.2) is 30.8 Å². The third-order valence-corrected chi connectivity index (χ3v) is 4.44. The number of pyridine rings is 1. The summed E-state index contributed by atoms with van der Waals surface area (Å²) in [5, 5.41) is 9.26. The number of aromatic nitrogens is 5. The minimum atomic E-state index is -0.315. The quantitative estimate of drug-likeness (QED) is 0.417. The highest BCUT2D eigenvalue weighted by Gasteiger charge is 2.09. The van der Waals surface area contributed by atoms with Crippen molar-refractivity contribution in [2.75, 3.05) is 16.0 Å². The van der Waals surface area contributed by atoms with Gasteiger partial charge in [-0.1, -0.05) is 0 Å². The molecule has 4 rings (SSSR count). The molecule has 0 aliphatic rings. The Labute approximate surface area is 185 Å². The second-order valence-corrected chi connectivity index (χ2v) is 7.23. The molecule has 0 fully saturated rings. The monoisotopic (exact) mass is 426 g/mol. The van der Waals surface area contributed by atoms with Crippen molar-refractivity contribution in [1.29, 1.82) is 0 Å². The lowest BCUT2D eigenvalue weighted by Crippen LogP contribution is -2.14. The molecule has 0 unspecified atom stereocenters.